The van der Waals surface area contributed by atoms with Crippen molar-refractivity contribution in [2.75, 3.05) is 12.4 Å². The first kappa shape index (κ1) is 21.0. The number of hydrogen-bond acceptors (Lipinski definition) is 7. The van der Waals surface area contributed by atoms with Gasteiger partial charge < -0.3 is 19.5 Å². The van der Waals surface area contributed by atoms with Crippen LogP contribution in [0.15, 0.2) is 55.1 Å². The van der Waals surface area contributed by atoms with Crippen LogP contribution in [0.25, 0.3) is 5.82 Å². The number of ether oxygens (including phenoxy) is 3. The lowest BCUT2D eigenvalue weighted by Crippen LogP contribution is -2.24. The number of amides is 1. The minimum Gasteiger partial charge on any atom is -0.493 e. The first-order chi connectivity index (χ1) is 16.2. The van der Waals surface area contributed by atoms with Gasteiger partial charge in [-0.15, -0.1) is 0 Å². The van der Waals surface area contributed by atoms with Gasteiger partial charge in [0.1, 0.15) is 5.82 Å². The van der Waals surface area contributed by atoms with Crippen molar-refractivity contribution >= 4 is 11.7 Å². The number of rotatable bonds is 8. The Bertz CT molecular complexity index is 1150. The number of hydrogen-bond donors (Lipinski definition) is 1. The van der Waals surface area contributed by atoms with Gasteiger partial charge in [-0.2, -0.15) is 5.10 Å². The number of nitrogens with one attached hydrogen (secondary N) is 1. The molecule has 2 aliphatic rings. The number of methoxy groups -OCH3 is 1. The average molecular weight is 447 g/mol. The highest BCUT2D eigenvalue weighted by Gasteiger charge is 2.22. The van der Waals surface area contributed by atoms with Crippen LogP contribution < -0.4 is 14.8 Å². The normalized spacial score (nSPS) is 17.3. The second kappa shape index (κ2) is 9.32. The van der Waals surface area contributed by atoms with Crippen molar-refractivity contribution in [2.45, 2.75) is 44.3 Å². The van der Waals surface area contributed by atoms with Crippen LogP contribution in [0.2, 0.25) is 0 Å². The van der Waals surface area contributed by atoms with E-state index in [-0.39, 0.29) is 24.5 Å². The van der Waals surface area contributed by atoms with Crippen molar-refractivity contribution in [3.63, 3.8) is 0 Å². The summed E-state index contributed by atoms with van der Waals surface area (Å²) < 4.78 is 18.6. The van der Waals surface area contributed by atoms with Gasteiger partial charge in [0.15, 0.2) is 29.2 Å². The molecule has 1 unspecified atom stereocenters. The number of carbonyl (C=O) groups excluding carboxylic acids is 1. The summed E-state index contributed by atoms with van der Waals surface area (Å²) in [5.41, 5.74) is 0.815. The van der Waals surface area contributed by atoms with Gasteiger partial charge in [-0.25, -0.2) is 14.6 Å². The summed E-state index contributed by atoms with van der Waals surface area (Å²) in [6, 6.07) is 9.08. The van der Waals surface area contributed by atoms with E-state index in [0.717, 1.165) is 18.4 Å². The molecule has 1 fully saturated rings. The van der Waals surface area contributed by atoms with Gasteiger partial charge >= 0.3 is 0 Å². The Morgan fingerprint density at radius 2 is 2.15 bits per heavy atom. The number of aromatic nitrogens is 4. The van der Waals surface area contributed by atoms with Crippen LogP contribution in [0.3, 0.4) is 0 Å². The first-order valence-electron chi connectivity index (χ1n) is 11.0. The SMILES string of the molecule is COc1cc(CC(=O)Nc2cc(-n3cccn3)nc(C3CC=CO3)n2)ccc1OC1CCC1. The molecule has 0 bridgehead atoms. The highest BCUT2D eigenvalue weighted by Crippen LogP contribution is 2.33. The van der Waals surface area contributed by atoms with Crippen molar-refractivity contribution in [1.82, 2.24) is 19.7 Å². The molecule has 1 aliphatic heterocycles. The molecule has 9 nitrogen and oxygen atoms in total. The summed E-state index contributed by atoms with van der Waals surface area (Å²) in [5, 5.41) is 7.11. The van der Waals surface area contributed by atoms with Gasteiger partial charge in [0.25, 0.3) is 0 Å². The molecule has 2 aromatic heterocycles. The van der Waals surface area contributed by atoms with Gasteiger partial charge in [0.05, 0.1) is 25.9 Å². The summed E-state index contributed by atoms with van der Waals surface area (Å²) in [4.78, 5) is 21.9. The minimum absolute atomic E-state index is 0.165. The van der Waals surface area contributed by atoms with Crippen molar-refractivity contribution in [3.8, 4) is 17.3 Å². The van der Waals surface area contributed by atoms with Crippen LogP contribution in [0.4, 0.5) is 5.82 Å². The molecule has 1 amide bonds. The van der Waals surface area contributed by atoms with E-state index in [1.165, 1.54) is 6.42 Å². The van der Waals surface area contributed by atoms with E-state index in [1.807, 2.05) is 24.3 Å². The topological polar surface area (TPSA) is 100 Å². The third-order valence-corrected chi connectivity index (χ3v) is 5.65. The zero-order valence-electron chi connectivity index (χ0n) is 18.3. The van der Waals surface area contributed by atoms with Crippen LogP contribution in [0.5, 0.6) is 11.5 Å². The van der Waals surface area contributed by atoms with Crippen LogP contribution in [-0.4, -0.2) is 38.9 Å². The van der Waals surface area contributed by atoms with E-state index in [9.17, 15) is 4.79 Å². The molecule has 1 saturated carbocycles. The number of nitrogens with zero attached hydrogens (tertiary/aromatic N) is 4. The molecule has 0 saturated heterocycles. The van der Waals surface area contributed by atoms with E-state index in [1.54, 1.807) is 42.6 Å². The highest BCUT2D eigenvalue weighted by atomic mass is 16.5. The summed E-state index contributed by atoms with van der Waals surface area (Å²) in [6.07, 6.45) is 11.1. The van der Waals surface area contributed by atoms with Crippen molar-refractivity contribution in [2.24, 2.45) is 0 Å². The maximum Gasteiger partial charge on any atom is 0.229 e. The van der Waals surface area contributed by atoms with Gasteiger partial charge in [-0.05, 0) is 49.1 Å². The fourth-order valence-corrected chi connectivity index (χ4v) is 3.69. The van der Waals surface area contributed by atoms with E-state index in [2.05, 4.69) is 20.4 Å². The summed E-state index contributed by atoms with van der Waals surface area (Å²) in [7, 11) is 1.60. The van der Waals surface area contributed by atoms with Crippen molar-refractivity contribution < 1.29 is 19.0 Å². The number of anilines is 1. The summed E-state index contributed by atoms with van der Waals surface area (Å²) in [6.45, 7) is 0. The van der Waals surface area contributed by atoms with Crippen molar-refractivity contribution in [1.29, 1.82) is 0 Å². The zero-order chi connectivity index (χ0) is 22.6. The lowest BCUT2D eigenvalue weighted by Gasteiger charge is -2.27. The third kappa shape index (κ3) is 4.82. The van der Waals surface area contributed by atoms with Gasteiger partial charge in [-0.1, -0.05) is 6.07 Å². The van der Waals surface area contributed by atoms with E-state index in [4.69, 9.17) is 14.2 Å². The van der Waals surface area contributed by atoms with Crippen LogP contribution in [0, 0.1) is 0 Å². The lowest BCUT2D eigenvalue weighted by atomic mass is 9.96. The van der Waals surface area contributed by atoms with Gasteiger partial charge in [-0.3, -0.25) is 4.79 Å². The second-order valence-electron chi connectivity index (χ2n) is 8.03. The fraction of sp³-hybridized carbons (Fsp3) is 0.333. The molecule has 0 spiro atoms. The fourth-order valence-electron chi connectivity index (χ4n) is 3.69. The molecule has 1 N–H and O–H groups in total. The first-order valence-corrected chi connectivity index (χ1v) is 11.0. The Kier molecular flexibility index (Phi) is 5.93. The zero-order valence-corrected chi connectivity index (χ0v) is 18.3. The van der Waals surface area contributed by atoms with Crippen LogP contribution in [-0.2, 0) is 16.0 Å². The average Bonchev–Trinajstić information content (AvgIpc) is 3.51. The predicted octanol–water partition coefficient (Wildman–Crippen LogP) is 3.76. The Hall–Kier alpha value is -3.88. The molecular weight excluding hydrogens is 422 g/mol. The van der Waals surface area contributed by atoms with E-state index < -0.39 is 0 Å². The maximum absolute atomic E-state index is 12.8. The third-order valence-electron chi connectivity index (χ3n) is 5.65. The Balaban J connectivity index is 1.31. The monoisotopic (exact) mass is 447 g/mol. The molecule has 33 heavy (non-hydrogen) atoms. The van der Waals surface area contributed by atoms with Crippen molar-refractivity contribution in [3.05, 3.63) is 66.5 Å². The second-order valence-corrected chi connectivity index (χ2v) is 8.03. The number of carbonyl (C=O) groups is 1. The molecule has 0 radical (unpaired) electrons. The molecule has 1 atom stereocenters. The Morgan fingerprint density at radius 3 is 2.85 bits per heavy atom. The van der Waals surface area contributed by atoms with E-state index in [0.29, 0.717) is 35.4 Å². The van der Waals surface area contributed by atoms with E-state index >= 15 is 0 Å². The minimum atomic E-state index is -0.288. The Morgan fingerprint density at radius 1 is 1.24 bits per heavy atom. The quantitative estimate of drug-likeness (QED) is 0.561. The van der Waals surface area contributed by atoms with Gasteiger partial charge in [0.2, 0.25) is 5.91 Å². The molecule has 3 heterocycles. The maximum atomic E-state index is 12.8. The summed E-state index contributed by atoms with van der Waals surface area (Å²) >= 11 is 0. The smallest absolute Gasteiger partial charge is 0.229 e. The number of benzene rings is 1. The standard InChI is InChI=1S/C24H25N5O4/c1-31-20-13-16(8-9-18(20)33-17-5-2-6-17)14-23(30)26-21-15-22(29-11-4-10-25-29)28-24(27-21)19-7-3-12-32-19/h3-4,8-13,15,17,19H,2,5-7,14H2,1H3,(H,26,27,28,30). The molecule has 3 aromatic rings. The highest BCUT2D eigenvalue weighted by molar-refractivity contribution is 5.91. The lowest BCUT2D eigenvalue weighted by molar-refractivity contribution is -0.115. The largest absolute Gasteiger partial charge is 0.493 e. The molecule has 1 aromatic carbocycles. The molecular formula is C24H25N5O4. The molecule has 9 heteroatoms. The van der Waals surface area contributed by atoms with Crippen LogP contribution in [0.1, 0.15) is 43.2 Å². The summed E-state index contributed by atoms with van der Waals surface area (Å²) in [5.74, 6) is 2.57. The predicted molar refractivity (Wildman–Crippen MR) is 120 cm³/mol. The van der Waals surface area contributed by atoms with Gasteiger partial charge in [0, 0.05) is 24.9 Å². The molecule has 1 aliphatic carbocycles. The molecule has 170 valence electrons. The molecule has 5 rings (SSSR count). The van der Waals surface area contributed by atoms with Crippen LogP contribution >= 0.6 is 0 Å². The Labute approximate surface area is 191 Å².